The first-order valence-corrected chi connectivity index (χ1v) is 5.30. The third kappa shape index (κ3) is 1.27. The van der Waals surface area contributed by atoms with E-state index in [0.29, 0.717) is 11.5 Å². The highest BCUT2D eigenvalue weighted by Gasteiger charge is 2.42. The summed E-state index contributed by atoms with van der Waals surface area (Å²) in [6, 6.07) is 0.501. The third-order valence-corrected chi connectivity index (χ3v) is 3.58. The molecule has 78 valence electrons. The summed E-state index contributed by atoms with van der Waals surface area (Å²) in [5.74, 6) is 0. The Morgan fingerprint density at radius 3 is 2.79 bits per heavy atom. The Hall–Kier alpha value is -0.830. The summed E-state index contributed by atoms with van der Waals surface area (Å²) in [5, 5.41) is 7.89. The minimum absolute atomic E-state index is 0.424. The first-order valence-electron chi connectivity index (χ1n) is 5.30. The summed E-state index contributed by atoms with van der Waals surface area (Å²) < 4.78 is 1.90. The Kier molecular flexibility index (Phi) is 2.14. The van der Waals surface area contributed by atoms with E-state index in [-0.39, 0.29) is 0 Å². The number of hydrogen-bond donors (Lipinski definition) is 1. The minimum Gasteiger partial charge on any atom is -0.309 e. The normalized spacial score (nSPS) is 31.6. The van der Waals surface area contributed by atoms with Crippen LogP contribution in [0.2, 0.25) is 0 Å². The van der Waals surface area contributed by atoms with Crippen molar-refractivity contribution in [1.29, 1.82) is 0 Å². The standard InChI is InChI=1S/C11H19N3/c1-5-11(3)7-12-10(11)9-6-14(4)13-8(9)2/h6,10,12H,5,7H2,1-4H3. The molecule has 1 fully saturated rings. The zero-order valence-corrected chi connectivity index (χ0v) is 9.46. The second-order valence-electron chi connectivity index (χ2n) is 4.67. The van der Waals surface area contributed by atoms with Gasteiger partial charge in [-0.2, -0.15) is 5.10 Å². The lowest BCUT2D eigenvalue weighted by atomic mass is 9.70. The van der Waals surface area contributed by atoms with Crippen LogP contribution in [-0.2, 0) is 7.05 Å². The van der Waals surface area contributed by atoms with Crippen molar-refractivity contribution in [3.63, 3.8) is 0 Å². The lowest BCUT2D eigenvalue weighted by Gasteiger charge is -2.48. The van der Waals surface area contributed by atoms with E-state index in [9.17, 15) is 0 Å². The summed E-state index contributed by atoms with van der Waals surface area (Å²) in [6.45, 7) is 7.83. The molecule has 0 amide bonds. The average molecular weight is 193 g/mol. The molecule has 0 aromatic carbocycles. The van der Waals surface area contributed by atoms with Crippen LogP contribution in [0, 0.1) is 12.3 Å². The van der Waals surface area contributed by atoms with Crippen LogP contribution in [0.4, 0.5) is 0 Å². The van der Waals surface area contributed by atoms with Gasteiger partial charge in [-0.1, -0.05) is 13.8 Å². The quantitative estimate of drug-likeness (QED) is 0.776. The van der Waals surface area contributed by atoms with Gasteiger partial charge in [0.1, 0.15) is 0 Å². The van der Waals surface area contributed by atoms with Crippen molar-refractivity contribution in [2.75, 3.05) is 6.54 Å². The van der Waals surface area contributed by atoms with Gasteiger partial charge in [-0.05, 0) is 18.8 Å². The Bertz CT molecular complexity index is 338. The smallest absolute Gasteiger partial charge is 0.0641 e. The maximum atomic E-state index is 4.39. The van der Waals surface area contributed by atoms with Gasteiger partial charge in [-0.3, -0.25) is 4.68 Å². The Labute approximate surface area is 85.5 Å². The van der Waals surface area contributed by atoms with E-state index in [1.807, 2.05) is 11.7 Å². The van der Waals surface area contributed by atoms with Gasteiger partial charge in [-0.15, -0.1) is 0 Å². The molecule has 14 heavy (non-hydrogen) atoms. The van der Waals surface area contributed by atoms with Crippen molar-refractivity contribution in [3.05, 3.63) is 17.5 Å². The van der Waals surface area contributed by atoms with E-state index in [2.05, 4.69) is 37.4 Å². The van der Waals surface area contributed by atoms with Crippen LogP contribution in [0.3, 0.4) is 0 Å². The van der Waals surface area contributed by atoms with Crippen LogP contribution in [0.5, 0.6) is 0 Å². The first-order chi connectivity index (χ1) is 6.57. The number of rotatable bonds is 2. The molecule has 0 spiro atoms. The van der Waals surface area contributed by atoms with E-state index < -0.39 is 0 Å². The predicted octanol–water partition coefficient (Wildman–Crippen LogP) is 1.79. The van der Waals surface area contributed by atoms with Gasteiger partial charge in [-0.25, -0.2) is 0 Å². The van der Waals surface area contributed by atoms with Gasteiger partial charge < -0.3 is 5.32 Å². The number of aryl methyl sites for hydroxylation is 2. The van der Waals surface area contributed by atoms with Crippen LogP contribution in [0.15, 0.2) is 6.20 Å². The lowest BCUT2D eigenvalue weighted by molar-refractivity contribution is 0.0984. The zero-order chi connectivity index (χ0) is 10.3. The lowest BCUT2D eigenvalue weighted by Crippen LogP contribution is -2.54. The Balaban J connectivity index is 2.28. The van der Waals surface area contributed by atoms with Gasteiger partial charge in [0, 0.05) is 31.4 Å². The SMILES string of the molecule is CCC1(C)CNC1c1cn(C)nc1C. The van der Waals surface area contributed by atoms with Crippen molar-refractivity contribution in [3.8, 4) is 0 Å². The highest BCUT2D eigenvalue weighted by atomic mass is 15.3. The maximum absolute atomic E-state index is 4.39. The molecule has 3 nitrogen and oxygen atoms in total. The predicted molar refractivity (Wildman–Crippen MR) is 57.1 cm³/mol. The fraction of sp³-hybridized carbons (Fsp3) is 0.727. The fourth-order valence-corrected chi connectivity index (χ4v) is 2.27. The highest BCUT2D eigenvalue weighted by molar-refractivity contribution is 5.25. The molecule has 1 aliphatic rings. The van der Waals surface area contributed by atoms with Crippen LogP contribution in [-0.4, -0.2) is 16.3 Å². The number of hydrogen-bond acceptors (Lipinski definition) is 2. The molecule has 0 bridgehead atoms. The number of nitrogens with one attached hydrogen (secondary N) is 1. The highest BCUT2D eigenvalue weighted by Crippen LogP contribution is 2.43. The molecule has 1 saturated heterocycles. The zero-order valence-electron chi connectivity index (χ0n) is 9.46. The van der Waals surface area contributed by atoms with Crippen molar-refractivity contribution < 1.29 is 0 Å². The number of nitrogens with zero attached hydrogens (tertiary/aromatic N) is 2. The Morgan fingerprint density at radius 2 is 2.43 bits per heavy atom. The summed E-state index contributed by atoms with van der Waals surface area (Å²) >= 11 is 0. The third-order valence-electron chi connectivity index (χ3n) is 3.58. The monoisotopic (exact) mass is 193 g/mol. The molecule has 2 heterocycles. The molecule has 0 radical (unpaired) electrons. The fourth-order valence-electron chi connectivity index (χ4n) is 2.27. The molecule has 1 aliphatic heterocycles. The molecule has 0 saturated carbocycles. The van der Waals surface area contributed by atoms with Crippen LogP contribution in [0.25, 0.3) is 0 Å². The summed E-state index contributed by atoms with van der Waals surface area (Å²) in [7, 11) is 1.98. The first kappa shape index (κ1) is 9.71. The molecular formula is C11H19N3. The average Bonchev–Trinajstić information content (AvgIpc) is 2.43. The van der Waals surface area contributed by atoms with Crippen LogP contribution in [0.1, 0.15) is 37.6 Å². The van der Waals surface area contributed by atoms with Gasteiger partial charge in [0.25, 0.3) is 0 Å². The molecule has 1 aromatic rings. The second kappa shape index (κ2) is 3.09. The Morgan fingerprint density at radius 1 is 1.71 bits per heavy atom. The van der Waals surface area contributed by atoms with Gasteiger partial charge >= 0.3 is 0 Å². The molecule has 0 aliphatic carbocycles. The van der Waals surface area contributed by atoms with Crippen LogP contribution < -0.4 is 5.32 Å². The van der Waals surface area contributed by atoms with E-state index >= 15 is 0 Å². The van der Waals surface area contributed by atoms with E-state index in [1.54, 1.807) is 0 Å². The summed E-state index contributed by atoms with van der Waals surface area (Å²) in [6.07, 6.45) is 3.36. The van der Waals surface area contributed by atoms with Crippen molar-refractivity contribution >= 4 is 0 Å². The van der Waals surface area contributed by atoms with E-state index in [4.69, 9.17) is 0 Å². The van der Waals surface area contributed by atoms with Gasteiger partial charge in [0.2, 0.25) is 0 Å². The molecule has 2 rings (SSSR count). The summed E-state index contributed by atoms with van der Waals surface area (Å²) in [4.78, 5) is 0. The van der Waals surface area contributed by atoms with Crippen molar-refractivity contribution in [2.24, 2.45) is 12.5 Å². The van der Waals surface area contributed by atoms with Crippen molar-refractivity contribution in [1.82, 2.24) is 15.1 Å². The van der Waals surface area contributed by atoms with Crippen molar-refractivity contribution in [2.45, 2.75) is 33.2 Å². The minimum atomic E-state index is 0.424. The molecule has 3 heteroatoms. The molecule has 2 unspecified atom stereocenters. The van der Waals surface area contributed by atoms with Gasteiger partial charge in [0.15, 0.2) is 0 Å². The maximum Gasteiger partial charge on any atom is 0.0641 e. The van der Waals surface area contributed by atoms with Gasteiger partial charge in [0.05, 0.1) is 5.69 Å². The molecular weight excluding hydrogens is 174 g/mol. The second-order valence-corrected chi connectivity index (χ2v) is 4.67. The number of aromatic nitrogens is 2. The van der Waals surface area contributed by atoms with Crippen LogP contribution >= 0.6 is 0 Å². The van der Waals surface area contributed by atoms with E-state index in [1.165, 1.54) is 12.0 Å². The van der Waals surface area contributed by atoms with E-state index in [0.717, 1.165) is 12.2 Å². The molecule has 1 aromatic heterocycles. The largest absolute Gasteiger partial charge is 0.309 e. The molecule has 2 atom stereocenters. The molecule has 1 N–H and O–H groups in total. The topological polar surface area (TPSA) is 29.9 Å². The summed E-state index contributed by atoms with van der Waals surface area (Å²) in [5.41, 5.74) is 2.95.